The standard InChI is InChI=1S/C16H24O4/c1-8-3-12-14(19-12)5-10(8)7-18-16(17)11-6-15-13(20-15)4-9(11)2/h8-15H,3-7H2,1-2H3/t8?,9?,10?,11?,12?,13?,14-,15?/m1/s1. The highest BCUT2D eigenvalue weighted by Crippen LogP contribution is 2.44. The third-order valence-electron chi connectivity index (χ3n) is 5.84. The van der Waals surface area contributed by atoms with Gasteiger partial charge >= 0.3 is 5.97 Å². The zero-order valence-electron chi connectivity index (χ0n) is 12.3. The average Bonchev–Trinajstić information content (AvgIpc) is 3.29. The minimum absolute atomic E-state index is 0.00233. The van der Waals surface area contributed by atoms with Crippen LogP contribution in [0.25, 0.3) is 0 Å². The van der Waals surface area contributed by atoms with E-state index in [1.807, 2.05) is 0 Å². The Bertz CT molecular complexity index is 409. The van der Waals surface area contributed by atoms with Crippen LogP contribution in [0.1, 0.15) is 39.5 Å². The van der Waals surface area contributed by atoms with Crippen molar-refractivity contribution in [3.63, 3.8) is 0 Å². The largest absolute Gasteiger partial charge is 0.465 e. The molecule has 4 aliphatic rings. The highest BCUT2D eigenvalue weighted by atomic mass is 16.6. The lowest BCUT2D eigenvalue weighted by Gasteiger charge is -2.28. The van der Waals surface area contributed by atoms with Gasteiger partial charge in [-0.3, -0.25) is 4.79 Å². The van der Waals surface area contributed by atoms with Gasteiger partial charge in [0.05, 0.1) is 36.9 Å². The summed E-state index contributed by atoms with van der Waals surface area (Å²) in [6, 6.07) is 0. The van der Waals surface area contributed by atoms with Gasteiger partial charge in [0, 0.05) is 0 Å². The molecule has 7 unspecified atom stereocenters. The predicted molar refractivity (Wildman–Crippen MR) is 72.1 cm³/mol. The Morgan fingerprint density at radius 3 is 2.30 bits per heavy atom. The lowest BCUT2D eigenvalue weighted by Crippen LogP contribution is -2.33. The van der Waals surface area contributed by atoms with Crippen molar-refractivity contribution in [1.82, 2.24) is 0 Å². The maximum absolute atomic E-state index is 12.3. The fraction of sp³-hybridized carbons (Fsp3) is 0.938. The molecule has 0 spiro atoms. The molecule has 0 N–H and O–H groups in total. The van der Waals surface area contributed by atoms with E-state index in [4.69, 9.17) is 14.2 Å². The van der Waals surface area contributed by atoms with E-state index in [0.717, 1.165) is 25.7 Å². The van der Waals surface area contributed by atoms with Crippen LogP contribution in [0, 0.1) is 23.7 Å². The number of ether oxygens (including phenoxy) is 3. The molecule has 20 heavy (non-hydrogen) atoms. The van der Waals surface area contributed by atoms with E-state index in [0.29, 0.717) is 48.8 Å². The molecule has 4 rings (SSSR count). The summed E-state index contributed by atoms with van der Waals surface area (Å²) in [5, 5.41) is 0. The highest BCUT2D eigenvalue weighted by molar-refractivity contribution is 5.73. The number of fused-ring (bicyclic) bond motifs is 2. The second-order valence-corrected chi connectivity index (χ2v) is 7.32. The fourth-order valence-corrected chi connectivity index (χ4v) is 4.15. The van der Waals surface area contributed by atoms with E-state index >= 15 is 0 Å². The number of carbonyl (C=O) groups excluding carboxylic acids is 1. The number of carbonyl (C=O) groups is 1. The van der Waals surface area contributed by atoms with E-state index in [-0.39, 0.29) is 11.9 Å². The van der Waals surface area contributed by atoms with Crippen molar-refractivity contribution in [3.05, 3.63) is 0 Å². The van der Waals surface area contributed by atoms with Gasteiger partial charge in [-0.2, -0.15) is 0 Å². The van der Waals surface area contributed by atoms with Crippen LogP contribution >= 0.6 is 0 Å². The summed E-state index contributed by atoms with van der Waals surface area (Å²) in [5.41, 5.74) is 0. The van der Waals surface area contributed by atoms with Crippen LogP contribution < -0.4 is 0 Å². The van der Waals surface area contributed by atoms with Gasteiger partial charge in [-0.15, -0.1) is 0 Å². The van der Waals surface area contributed by atoms with Gasteiger partial charge in [0.2, 0.25) is 0 Å². The Labute approximate surface area is 120 Å². The number of epoxide rings is 2. The zero-order chi connectivity index (χ0) is 13.9. The summed E-state index contributed by atoms with van der Waals surface area (Å²) in [7, 11) is 0. The molecule has 0 aromatic carbocycles. The van der Waals surface area contributed by atoms with Gasteiger partial charge in [0.1, 0.15) is 0 Å². The second-order valence-electron chi connectivity index (χ2n) is 7.32. The zero-order valence-corrected chi connectivity index (χ0v) is 12.3. The van der Waals surface area contributed by atoms with Gasteiger partial charge in [-0.25, -0.2) is 0 Å². The molecular formula is C16H24O4. The Morgan fingerprint density at radius 2 is 1.55 bits per heavy atom. The highest BCUT2D eigenvalue weighted by Gasteiger charge is 2.50. The number of hydrogen-bond acceptors (Lipinski definition) is 4. The number of hydrogen-bond donors (Lipinski definition) is 0. The maximum Gasteiger partial charge on any atom is 0.309 e. The third-order valence-corrected chi connectivity index (χ3v) is 5.84. The molecule has 0 bridgehead atoms. The van der Waals surface area contributed by atoms with Crippen LogP contribution in [0.4, 0.5) is 0 Å². The van der Waals surface area contributed by atoms with Crippen LogP contribution in [-0.2, 0) is 19.0 Å². The van der Waals surface area contributed by atoms with E-state index in [9.17, 15) is 4.79 Å². The molecule has 0 amide bonds. The van der Waals surface area contributed by atoms with Crippen molar-refractivity contribution >= 4 is 5.97 Å². The lowest BCUT2D eigenvalue weighted by atomic mass is 9.80. The number of rotatable bonds is 3. The van der Waals surface area contributed by atoms with E-state index in [1.54, 1.807) is 0 Å². The summed E-state index contributed by atoms with van der Waals surface area (Å²) in [6.45, 7) is 4.97. The molecule has 0 radical (unpaired) electrons. The van der Waals surface area contributed by atoms with Crippen LogP contribution in [0.3, 0.4) is 0 Å². The Balaban J connectivity index is 1.29. The van der Waals surface area contributed by atoms with Gasteiger partial charge < -0.3 is 14.2 Å². The minimum Gasteiger partial charge on any atom is -0.465 e. The molecule has 2 heterocycles. The van der Waals surface area contributed by atoms with Crippen molar-refractivity contribution in [2.75, 3.05) is 6.61 Å². The molecule has 4 fully saturated rings. The predicted octanol–water partition coefficient (Wildman–Crippen LogP) is 2.16. The molecule has 0 aromatic rings. The quantitative estimate of drug-likeness (QED) is 0.587. The van der Waals surface area contributed by atoms with Crippen LogP contribution in [-0.4, -0.2) is 37.0 Å². The summed E-state index contributed by atoms with van der Waals surface area (Å²) in [6.07, 6.45) is 5.77. The van der Waals surface area contributed by atoms with E-state index in [1.165, 1.54) is 0 Å². The molecule has 112 valence electrons. The Kier molecular flexibility index (Phi) is 3.08. The monoisotopic (exact) mass is 280 g/mol. The lowest BCUT2D eigenvalue weighted by molar-refractivity contribution is -0.153. The second kappa shape index (κ2) is 4.70. The summed E-state index contributed by atoms with van der Waals surface area (Å²) in [4.78, 5) is 12.3. The maximum atomic E-state index is 12.3. The Hall–Kier alpha value is -0.610. The first-order valence-corrected chi connectivity index (χ1v) is 8.09. The molecule has 2 saturated heterocycles. The van der Waals surface area contributed by atoms with Crippen molar-refractivity contribution < 1.29 is 19.0 Å². The minimum atomic E-state index is -0.00233. The Morgan fingerprint density at radius 1 is 0.950 bits per heavy atom. The van der Waals surface area contributed by atoms with E-state index in [2.05, 4.69) is 13.8 Å². The van der Waals surface area contributed by atoms with Crippen LogP contribution in [0.15, 0.2) is 0 Å². The summed E-state index contributed by atoms with van der Waals surface area (Å²) < 4.78 is 16.8. The first-order valence-electron chi connectivity index (χ1n) is 8.09. The molecule has 2 aliphatic heterocycles. The van der Waals surface area contributed by atoms with Crippen molar-refractivity contribution in [1.29, 1.82) is 0 Å². The molecule has 2 saturated carbocycles. The first-order chi connectivity index (χ1) is 9.61. The smallest absolute Gasteiger partial charge is 0.309 e. The fourth-order valence-electron chi connectivity index (χ4n) is 4.15. The summed E-state index contributed by atoms with van der Waals surface area (Å²) in [5.74, 6) is 1.52. The van der Waals surface area contributed by atoms with Gasteiger partial charge in [0.15, 0.2) is 0 Å². The van der Waals surface area contributed by atoms with Gasteiger partial charge in [0.25, 0.3) is 0 Å². The molecule has 8 atom stereocenters. The molecular weight excluding hydrogens is 256 g/mol. The van der Waals surface area contributed by atoms with Gasteiger partial charge in [-0.05, 0) is 43.4 Å². The van der Waals surface area contributed by atoms with Gasteiger partial charge in [-0.1, -0.05) is 13.8 Å². The van der Waals surface area contributed by atoms with Crippen molar-refractivity contribution in [2.24, 2.45) is 23.7 Å². The number of esters is 1. The third kappa shape index (κ3) is 2.37. The summed E-state index contributed by atoms with van der Waals surface area (Å²) >= 11 is 0. The first kappa shape index (κ1) is 13.1. The molecule has 0 aromatic heterocycles. The van der Waals surface area contributed by atoms with Crippen LogP contribution in [0.2, 0.25) is 0 Å². The topological polar surface area (TPSA) is 51.4 Å². The van der Waals surface area contributed by atoms with E-state index < -0.39 is 0 Å². The molecule has 4 heteroatoms. The van der Waals surface area contributed by atoms with Crippen LogP contribution in [0.5, 0.6) is 0 Å². The van der Waals surface area contributed by atoms with Crippen molar-refractivity contribution in [3.8, 4) is 0 Å². The normalized spacial score (nSPS) is 52.7. The van der Waals surface area contributed by atoms with Crippen molar-refractivity contribution in [2.45, 2.75) is 63.9 Å². The average molecular weight is 280 g/mol. The molecule has 4 nitrogen and oxygen atoms in total. The molecule has 2 aliphatic carbocycles. The SMILES string of the molecule is CC1CC2O[C@@H]2CC1COC(=O)C1CC2OC2CC1C.